The predicted molar refractivity (Wildman–Crippen MR) is 102 cm³/mol. The Hall–Kier alpha value is -2.99. The Bertz CT molecular complexity index is 788. The number of halogens is 2. The summed E-state index contributed by atoms with van der Waals surface area (Å²) in [7, 11) is 1.71. The van der Waals surface area contributed by atoms with Gasteiger partial charge in [-0.3, -0.25) is 19.3 Å². The molecule has 0 unspecified atom stereocenters. The minimum Gasteiger partial charge on any atom is -0.443 e. The molecule has 0 aliphatic carbocycles. The van der Waals surface area contributed by atoms with E-state index in [9.17, 15) is 23.2 Å². The van der Waals surface area contributed by atoms with Gasteiger partial charge in [-0.25, -0.2) is 18.6 Å². The van der Waals surface area contributed by atoms with E-state index >= 15 is 0 Å². The topological polar surface area (TPSA) is 103 Å². The number of benzene rings is 1. The normalized spacial score (nSPS) is 19.5. The number of hydrogen-bond donors (Lipinski definition) is 2. The molecule has 2 aliphatic heterocycles. The van der Waals surface area contributed by atoms with Crippen LogP contribution in [-0.2, 0) is 19.2 Å². The molecule has 12 heteroatoms. The summed E-state index contributed by atoms with van der Waals surface area (Å²) >= 11 is 0. The smallest absolute Gasteiger partial charge is 0.414 e. The highest BCUT2D eigenvalue weighted by atomic mass is 19.1. The van der Waals surface area contributed by atoms with Crippen molar-refractivity contribution in [3.8, 4) is 0 Å². The maximum absolute atomic E-state index is 14.8. The van der Waals surface area contributed by atoms with Gasteiger partial charge in [0.25, 0.3) is 5.91 Å². The van der Waals surface area contributed by atoms with Crippen molar-refractivity contribution in [1.82, 2.24) is 15.7 Å². The minimum absolute atomic E-state index is 0.0254. The van der Waals surface area contributed by atoms with Crippen LogP contribution >= 0.6 is 0 Å². The molecule has 2 heterocycles. The Kier molecular flexibility index (Phi) is 7.00. The van der Waals surface area contributed by atoms with E-state index in [0.717, 1.165) is 17.2 Å². The standard InChI is InChI=1S/C18H23F2N5O5/c1-21-8-13-10-24(18(28)30-13)12-6-14(19)17(15(20)7-12)23-2-3-25(29-5-4-23)16(27)9-22-11-26/h6-7,11,13,21H,2-5,8-10H2,1H3,(H,22,26)/t13-/m0/s1. The number of hydroxylamine groups is 2. The van der Waals surface area contributed by atoms with Crippen molar-refractivity contribution in [3.05, 3.63) is 23.8 Å². The van der Waals surface area contributed by atoms with Crippen LogP contribution in [0, 0.1) is 11.6 Å². The van der Waals surface area contributed by atoms with Gasteiger partial charge in [0.1, 0.15) is 11.8 Å². The van der Waals surface area contributed by atoms with Gasteiger partial charge in [0, 0.05) is 31.8 Å². The Morgan fingerprint density at radius 1 is 1.27 bits per heavy atom. The Morgan fingerprint density at radius 2 is 2.00 bits per heavy atom. The molecule has 164 valence electrons. The number of carbonyl (C=O) groups is 3. The number of nitrogens with zero attached hydrogens (tertiary/aromatic N) is 3. The zero-order valence-corrected chi connectivity index (χ0v) is 16.4. The molecule has 2 fully saturated rings. The molecule has 2 aliphatic rings. The second-order valence-electron chi connectivity index (χ2n) is 6.75. The van der Waals surface area contributed by atoms with Gasteiger partial charge in [0.15, 0.2) is 11.6 Å². The highest BCUT2D eigenvalue weighted by Gasteiger charge is 2.33. The largest absolute Gasteiger partial charge is 0.443 e. The molecule has 10 nitrogen and oxygen atoms in total. The Balaban J connectivity index is 1.72. The molecule has 0 spiro atoms. The van der Waals surface area contributed by atoms with Crippen LogP contribution in [0.4, 0.5) is 25.0 Å². The average molecular weight is 427 g/mol. The number of anilines is 2. The van der Waals surface area contributed by atoms with Crippen LogP contribution < -0.4 is 20.4 Å². The average Bonchev–Trinajstić information content (AvgIpc) is 2.91. The van der Waals surface area contributed by atoms with Crippen LogP contribution in [0.1, 0.15) is 0 Å². The Labute approximate surface area is 171 Å². The molecule has 0 radical (unpaired) electrons. The zero-order chi connectivity index (χ0) is 21.7. The van der Waals surface area contributed by atoms with E-state index < -0.39 is 29.7 Å². The molecule has 3 amide bonds. The van der Waals surface area contributed by atoms with Crippen LogP contribution in [0.5, 0.6) is 0 Å². The highest BCUT2D eigenvalue weighted by molar-refractivity contribution is 5.90. The quantitative estimate of drug-likeness (QED) is 0.583. The number of likely N-dealkylation sites (N-methyl/N-ethyl adjacent to an activating group) is 1. The molecule has 1 atom stereocenters. The first-order valence-corrected chi connectivity index (χ1v) is 9.41. The van der Waals surface area contributed by atoms with Crippen LogP contribution in [-0.4, -0.2) is 82.5 Å². The van der Waals surface area contributed by atoms with E-state index in [1.54, 1.807) is 7.05 Å². The van der Waals surface area contributed by atoms with Gasteiger partial charge < -0.3 is 20.3 Å². The second-order valence-corrected chi connectivity index (χ2v) is 6.75. The first-order chi connectivity index (χ1) is 14.4. The first kappa shape index (κ1) is 21.7. The fourth-order valence-electron chi connectivity index (χ4n) is 3.36. The van der Waals surface area contributed by atoms with Crippen LogP contribution in [0.2, 0.25) is 0 Å². The van der Waals surface area contributed by atoms with Gasteiger partial charge in [-0.2, -0.15) is 0 Å². The van der Waals surface area contributed by atoms with Gasteiger partial charge in [-0.1, -0.05) is 0 Å². The molecule has 30 heavy (non-hydrogen) atoms. The fraction of sp³-hybridized carbons (Fsp3) is 0.500. The molecule has 3 rings (SSSR count). The van der Waals surface area contributed by atoms with Gasteiger partial charge in [-0.05, 0) is 7.05 Å². The number of cyclic esters (lactones) is 1. The number of ether oxygens (including phenoxy) is 1. The van der Waals surface area contributed by atoms with Gasteiger partial charge in [0.05, 0.1) is 31.9 Å². The number of rotatable bonds is 7. The molecule has 0 saturated carbocycles. The second kappa shape index (κ2) is 9.67. The van der Waals surface area contributed by atoms with E-state index in [-0.39, 0.29) is 50.7 Å². The third-order valence-corrected chi connectivity index (χ3v) is 4.73. The minimum atomic E-state index is -0.836. The van der Waals surface area contributed by atoms with E-state index in [2.05, 4.69) is 10.6 Å². The molecule has 0 aromatic heterocycles. The third-order valence-electron chi connectivity index (χ3n) is 4.73. The Morgan fingerprint density at radius 3 is 2.67 bits per heavy atom. The summed E-state index contributed by atoms with van der Waals surface area (Å²) in [5.41, 5.74) is -0.192. The fourth-order valence-corrected chi connectivity index (χ4v) is 3.36. The molecule has 1 aromatic carbocycles. The number of amides is 3. The third kappa shape index (κ3) is 4.76. The summed E-state index contributed by atoms with van der Waals surface area (Å²) in [6.07, 6.45) is -0.679. The lowest BCUT2D eigenvalue weighted by Crippen LogP contribution is -2.39. The molecular formula is C18H23F2N5O5. The number of nitrogens with one attached hydrogen (secondary N) is 2. The van der Waals surface area contributed by atoms with Crippen molar-refractivity contribution < 1.29 is 32.7 Å². The maximum atomic E-state index is 14.8. The summed E-state index contributed by atoms with van der Waals surface area (Å²) < 4.78 is 34.8. The lowest BCUT2D eigenvalue weighted by Gasteiger charge is -2.24. The lowest BCUT2D eigenvalue weighted by molar-refractivity contribution is -0.180. The molecule has 1 aromatic rings. The zero-order valence-electron chi connectivity index (χ0n) is 16.4. The highest BCUT2D eigenvalue weighted by Crippen LogP contribution is 2.31. The molecule has 2 N–H and O–H groups in total. The van der Waals surface area contributed by atoms with Gasteiger partial charge in [-0.15, -0.1) is 0 Å². The predicted octanol–water partition coefficient (Wildman–Crippen LogP) is -0.164. The van der Waals surface area contributed by atoms with Crippen molar-refractivity contribution in [3.63, 3.8) is 0 Å². The summed E-state index contributed by atoms with van der Waals surface area (Å²) in [5.74, 6) is -2.14. The molecular weight excluding hydrogens is 404 g/mol. The summed E-state index contributed by atoms with van der Waals surface area (Å²) in [5, 5.41) is 6.19. The van der Waals surface area contributed by atoms with Crippen molar-refractivity contribution in [2.24, 2.45) is 0 Å². The molecule has 0 bridgehead atoms. The van der Waals surface area contributed by atoms with Crippen molar-refractivity contribution in [2.45, 2.75) is 6.10 Å². The van der Waals surface area contributed by atoms with Crippen LogP contribution in [0.25, 0.3) is 0 Å². The summed E-state index contributed by atoms with van der Waals surface area (Å²) in [6.45, 7) is 0.727. The number of carbonyl (C=O) groups excluding carboxylic acids is 3. The van der Waals surface area contributed by atoms with E-state index in [0.29, 0.717) is 13.0 Å². The van der Waals surface area contributed by atoms with E-state index in [1.807, 2.05) is 0 Å². The lowest BCUT2D eigenvalue weighted by atomic mass is 10.2. The SMILES string of the molecule is CNC[C@H]1CN(c2cc(F)c(N3CCON(C(=O)CNC=O)CC3)c(F)c2)C(=O)O1. The maximum Gasteiger partial charge on any atom is 0.414 e. The van der Waals surface area contributed by atoms with Crippen LogP contribution in [0.3, 0.4) is 0 Å². The van der Waals surface area contributed by atoms with Gasteiger partial charge in [0.2, 0.25) is 6.41 Å². The van der Waals surface area contributed by atoms with Crippen molar-refractivity contribution in [1.29, 1.82) is 0 Å². The summed E-state index contributed by atoms with van der Waals surface area (Å²) in [6, 6.07) is 2.17. The number of hydrogen-bond acceptors (Lipinski definition) is 7. The van der Waals surface area contributed by atoms with Crippen molar-refractivity contribution >= 4 is 29.8 Å². The first-order valence-electron chi connectivity index (χ1n) is 9.41. The van der Waals surface area contributed by atoms with Gasteiger partial charge >= 0.3 is 6.09 Å². The van der Waals surface area contributed by atoms with E-state index in [4.69, 9.17) is 9.57 Å². The molecule has 2 saturated heterocycles. The van der Waals surface area contributed by atoms with Crippen LogP contribution in [0.15, 0.2) is 12.1 Å². The van der Waals surface area contributed by atoms with E-state index in [1.165, 1.54) is 9.80 Å². The van der Waals surface area contributed by atoms with Crippen molar-refractivity contribution in [2.75, 3.05) is 62.7 Å². The summed E-state index contributed by atoms with van der Waals surface area (Å²) in [4.78, 5) is 42.2. The monoisotopic (exact) mass is 427 g/mol.